The summed E-state index contributed by atoms with van der Waals surface area (Å²) in [5, 5.41) is 17.0. The molecule has 0 aliphatic carbocycles. The number of anilines is 1. The third kappa shape index (κ3) is 9.42. The minimum absolute atomic E-state index is 0.110. The van der Waals surface area contributed by atoms with Crippen molar-refractivity contribution in [2.45, 2.75) is 45.3 Å². The highest BCUT2D eigenvalue weighted by atomic mass is 16.5. The maximum atomic E-state index is 12.6. The van der Waals surface area contributed by atoms with E-state index < -0.39 is 24.0 Å². The Morgan fingerprint density at radius 1 is 0.970 bits per heavy atom. The maximum absolute atomic E-state index is 12.6. The van der Waals surface area contributed by atoms with E-state index in [-0.39, 0.29) is 24.5 Å². The average Bonchev–Trinajstić information content (AvgIpc) is 2.82. The molecule has 0 bridgehead atoms. The van der Waals surface area contributed by atoms with Crippen molar-refractivity contribution >= 4 is 29.6 Å². The lowest BCUT2D eigenvalue weighted by Crippen LogP contribution is -2.43. The first kappa shape index (κ1) is 25.4. The lowest BCUT2D eigenvalue weighted by Gasteiger charge is -2.18. The van der Waals surface area contributed by atoms with Crippen molar-refractivity contribution in [1.82, 2.24) is 10.6 Å². The first-order chi connectivity index (χ1) is 15.9. The van der Waals surface area contributed by atoms with Crippen LogP contribution in [0.4, 0.5) is 10.5 Å². The first-order valence-electron chi connectivity index (χ1n) is 10.8. The molecule has 9 heteroatoms. The molecule has 0 spiro atoms. The Bertz CT molecular complexity index is 931. The zero-order valence-electron chi connectivity index (χ0n) is 18.5. The van der Waals surface area contributed by atoms with Crippen molar-refractivity contribution < 1.29 is 29.0 Å². The number of unbranched alkanes of at least 4 members (excludes halogenated alkanes) is 1. The van der Waals surface area contributed by atoms with Gasteiger partial charge in [-0.25, -0.2) is 9.59 Å². The number of amides is 3. The van der Waals surface area contributed by atoms with Crippen molar-refractivity contribution in [3.8, 4) is 0 Å². The van der Waals surface area contributed by atoms with Gasteiger partial charge in [-0.1, -0.05) is 37.3 Å². The summed E-state index contributed by atoms with van der Waals surface area (Å²) in [6, 6.07) is 14.4. The summed E-state index contributed by atoms with van der Waals surface area (Å²) in [7, 11) is 0. The molecular weight excluding hydrogens is 426 g/mol. The molecule has 2 aromatic rings. The molecule has 0 heterocycles. The van der Waals surface area contributed by atoms with Gasteiger partial charge in [0.15, 0.2) is 0 Å². The molecule has 0 saturated heterocycles. The lowest BCUT2D eigenvalue weighted by atomic mass is 10.1. The number of aromatic carboxylic acids is 1. The van der Waals surface area contributed by atoms with Gasteiger partial charge < -0.3 is 25.8 Å². The van der Waals surface area contributed by atoms with Crippen LogP contribution in [-0.2, 0) is 20.9 Å². The molecule has 33 heavy (non-hydrogen) atoms. The van der Waals surface area contributed by atoms with Gasteiger partial charge in [-0.05, 0) is 49.1 Å². The van der Waals surface area contributed by atoms with Gasteiger partial charge in [0.1, 0.15) is 12.6 Å². The van der Waals surface area contributed by atoms with E-state index in [1.165, 1.54) is 24.3 Å². The summed E-state index contributed by atoms with van der Waals surface area (Å²) >= 11 is 0. The van der Waals surface area contributed by atoms with Crippen LogP contribution in [0.15, 0.2) is 54.6 Å². The minimum Gasteiger partial charge on any atom is -0.478 e. The lowest BCUT2D eigenvalue weighted by molar-refractivity contribution is -0.126. The second-order valence-corrected chi connectivity index (χ2v) is 7.33. The van der Waals surface area contributed by atoms with E-state index in [0.717, 1.165) is 5.56 Å². The van der Waals surface area contributed by atoms with Crippen LogP contribution < -0.4 is 16.0 Å². The maximum Gasteiger partial charge on any atom is 0.407 e. The number of ether oxygens (including phenoxy) is 1. The van der Waals surface area contributed by atoms with Crippen molar-refractivity contribution in [2.75, 3.05) is 11.9 Å². The molecule has 1 atom stereocenters. The Labute approximate surface area is 192 Å². The molecule has 176 valence electrons. The molecule has 0 aromatic heterocycles. The van der Waals surface area contributed by atoms with Crippen molar-refractivity contribution in [3.63, 3.8) is 0 Å². The third-order valence-electron chi connectivity index (χ3n) is 4.77. The zero-order chi connectivity index (χ0) is 24.1. The number of nitrogens with one attached hydrogen (secondary N) is 3. The average molecular weight is 456 g/mol. The molecule has 1 unspecified atom stereocenters. The summed E-state index contributed by atoms with van der Waals surface area (Å²) in [6.45, 7) is 2.26. The largest absolute Gasteiger partial charge is 0.478 e. The molecule has 0 fully saturated rings. The van der Waals surface area contributed by atoms with E-state index in [0.29, 0.717) is 31.5 Å². The quantitative estimate of drug-likeness (QED) is 0.363. The Morgan fingerprint density at radius 2 is 1.67 bits per heavy atom. The smallest absolute Gasteiger partial charge is 0.407 e. The summed E-state index contributed by atoms with van der Waals surface area (Å²) in [6.07, 6.45) is 1.29. The fraction of sp³-hybridized carbons (Fsp3) is 0.333. The number of benzene rings is 2. The zero-order valence-corrected chi connectivity index (χ0v) is 18.5. The monoisotopic (exact) mass is 455 g/mol. The number of hydrogen-bond donors (Lipinski definition) is 4. The van der Waals surface area contributed by atoms with Gasteiger partial charge in [0.25, 0.3) is 0 Å². The van der Waals surface area contributed by atoms with Crippen molar-refractivity contribution in [2.24, 2.45) is 0 Å². The van der Waals surface area contributed by atoms with E-state index in [2.05, 4.69) is 16.0 Å². The van der Waals surface area contributed by atoms with Gasteiger partial charge in [0.05, 0.1) is 5.56 Å². The van der Waals surface area contributed by atoms with Crippen LogP contribution in [0.3, 0.4) is 0 Å². The SMILES string of the molecule is CCC(=O)NC(CCCCNC(=O)OCc1ccccc1)C(=O)Nc1ccc(C(=O)O)cc1. The second kappa shape index (κ2) is 13.5. The number of carboxylic acid groups (broad SMARTS) is 1. The Kier molecular flexibility index (Phi) is 10.4. The predicted molar refractivity (Wildman–Crippen MR) is 123 cm³/mol. The van der Waals surface area contributed by atoms with Crippen LogP contribution in [0, 0.1) is 0 Å². The fourth-order valence-corrected chi connectivity index (χ4v) is 2.93. The number of hydrogen-bond acceptors (Lipinski definition) is 5. The van der Waals surface area contributed by atoms with E-state index >= 15 is 0 Å². The molecule has 0 aliphatic rings. The van der Waals surface area contributed by atoms with Crippen LogP contribution in [0.25, 0.3) is 0 Å². The Morgan fingerprint density at radius 3 is 2.30 bits per heavy atom. The molecule has 0 aliphatic heterocycles. The highest BCUT2D eigenvalue weighted by Gasteiger charge is 2.20. The fourth-order valence-electron chi connectivity index (χ4n) is 2.93. The Hall–Kier alpha value is -3.88. The normalized spacial score (nSPS) is 11.2. The van der Waals surface area contributed by atoms with Gasteiger partial charge in [-0.15, -0.1) is 0 Å². The van der Waals surface area contributed by atoms with Crippen LogP contribution >= 0.6 is 0 Å². The topological polar surface area (TPSA) is 134 Å². The van der Waals surface area contributed by atoms with Crippen molar-refractivity contribution in [1.29, 1.82) is 0 Å². The number of alkyl carbamates (subject to hydrolysis) is 1. The predicted octanol–water partition coefficient (Wildman–Crippen LogP) is 3.31. The van der Waals surface area contributed by atoms with Crippen LogP contribution in [-0.4, -0.2) is 41.6 Å². The van der Waals surface area contributed by atoms with E-state index in [1.807, 2.05) is 30.3 Å². The van der Waals surface area contributed by atoms with E-state index in [9.17, 15) is 19.2 Å². The van der Waals surface area contributed by atoms with E-state index in [1.54, 1.807) is 6.92 Å². The molecule has 9 nitrogen and oxygen atoms in total. The second-order valence-electron chi connectivity index (χ2n) is 7.33. The van der Waals surface area contributed by atoms with Gasteiger partial charge in [0.2, 0.25) is 11.8 Å². The molecule has 2 aromatic carbocycles. The summed E-state index contributed by atoms with van der Waals surface area (Å²) < 4.78 is 5.14. The number of carbonyl (C=O) groups is 4. The van der Waals surface area contributed by atoms with Gasteiger partial charge >= 0.3 is 12.1 Å². The van der Waals surface area contributed by atoms with Gasteiger partial charge in [-0.3, -0.25) is 9.59 Å². The van der Waals surface area contributed by atoms with Crippen molar-refractivity contribution in [3.05, 3.63) is 65.7 Å². The molecular formula is C24H29N3O6. The standard InChI is InChI=1S/C24H29N3O6/c1-2-21(28)27-20(22(29)26-19-13-11-18(12-14-19)23(30)31)10-6-7-15-25-24(32)33-16-17-8-4-3-5-9-17/h3-5,8-9,11-14,20H,2,6-7,10,15-16H2,1H3,(H,25,32)(H,26,29)(H,27,28)(H,30,31). The molecule has 0 radical (unpaired) electrons. The molecule has 2 rings (SSSR count). The number of carbonyl (C=O) groups excluding carboxylic acids is 3. The van der Waals surface area contributed by atoms with Crippen LogP contribution in [0.5, 0.6) is 0 Å². The molecule has 0 saturated carbocycles. The number of rotatable bonds is 12. The highest BCUT2D eigenvalue weighted by Crippen LogP contribution is 2.12. The summed E-state index contributed by atoms with van der Waals surface area (Å²) in [5.74, 6) is -1.70. The molecule has 3 amide bonds. The van der Waals surface area contributed by atoms with Gasteiger partial charge in [0, 0.05) is 18.7 Å². The first-order valence-corrected chi connectivity index (χ1v) is 10.8. The third-order valence-corrected chi connectivity index (χ3v) is 4.77. The number of carboxylic acids is 1. The molecule has 4 N–H and O–H groups in total. The summed E-state index contributed by atoms with van der Waals surface area (Å²) in [5.41, 5.74) is 1.44. The van der Waals surface area contributed by atoms with Gasteiger partial charge in [-0.2, -0.15) is 0 Å². The van der Waals surface area contributed by atoms with E-state index in [4.69, 9.17) is 9.84 Å². The highest BCUT2D eigenvalue weighted by molar-refractivity contribution is 5.97. The van der Waals surface area contributed by atoms with Crippen LogP contribution in [0.2, 0.25) is 0 Å². The minimum atomic E-state index is -1.06. The Balaban J connectivity index is 1.76. The van der Waals surface area contributed by atoms with Crippen LogP contribution in [0.1, 0.15) is 48.5 Å². The summed E-state index contributed by atoms with van der Waals surface area (Å²) in [4.78, 5) is 47.2.